The van der Waals surface area contributed by atoms with Crippen LogP contribution in [0.25, 0.3) is 0 Å². The molecule has 0 spiro atoms. The van der Waals surface area contributed by atoms with E-state index >= 15 is 0 Å². The maximum absolute atomic E-state index is 6.19. The van der Waals surface area contributed by atoms with E-state index in [2.05, 4.69) is 28.7 Å². The zero-order valence-corrected chi connectivity index (χ0v) is 11.4. The third kappa shape index (κ3) is 2.85. The summed E-state index contributed by atoms with van der Waals surface area (Å²) in [6, 6.07) is 2.34. The number of rotatable bonds is 5. The number of aromatic nitrogens is 1. The second-order valence-electron chi connectivity index (χ2n) is 3.47. The fourth-order valence-electron chi connectivity index (χ4n) is 1.43. The Bertz CT molecular complexity index is 397. The first kappa shape index (κ1) is 12.1. The Hall–Kier alpha value is -0.360. The first-order valence-corrected chi connectivity index (χ1v) is 7.85. The van der Waals surface area contributed by atoms with Crippen molar-refractivity contribution in [3.05, 3.63) is 34.0 Å². The van der Waals surface area contributed by atoms with E-state index in [9.17, 15) is 0 Å². The van der Waals surface area contributed by atoms with Crippen LogP contribution in [0.3, 0.4) is 0 Å². The zero-order chi connectivity index (χ0) is 11.4. The highest BCUT2D eigenvalue weighted by atomic mass is 32.2. The molecule has 2 rings (SSSR count). The summed E-state index contributed by atoms with van der Waals surface area (Å²) in [4.78, 5) is 4.31. The lowest BCUT2D eigenvalue weighted by Gasteiger charge is -2.20. The highest BCUT2D eigenvalue weighted by Crippen LogP contribution is 2.39. The van der Waals surface area contributed by atoms with E-state index in [1.54, 1.807) is 34.4 Å². The van der Waals surface area contributed by atoms with E-state index in [4.69, 9.17) is 5.73 Å². The number of nitrogens with two attached hydrogens (primary N) is 1. The standard InChI is InChI=1S/C11H14N2S3/c1-2-9(12)10(8-3-5-14-7-8)16-11-13-4-6-15-11/h3-7,9-10H,2,12H2,1H3. The van der Waals surface area contributed by atoms with Gasteiger partial charge in [0.15, 0.2) is 0 Å². The van der Waals surface area contributed by atoms with Crippen LogP contribution in [0.4, 0.5) is 0 Å². The Morgan fingerprint density at radius 2 is 2.38 bits per heavy atom. The molecular formula is C11H14N2S3. The van der Waals surface area contributed by atoms with Crippen molar-refractivity contribution >= 4 is 34.4 Å². The van der Waals surface area contributed by atoms with Gasteiger partial charge in [0, 0.05) is 17.6 Å². The minimum absolute atomic E-state index is 0.184. The van der Waals surface area contributed by atoms with E-state index in [1.165, 1.54) is 5.56 Å². The molecule has 2 heterocycles. The predicted molar refractivity (Wildman–Crippen MR) is 73.3 cm³/mol. The molecule has 0 aromatic carbocycles. The molecule has 0 saturated heterocycles. The lowest BCUT2D eigenvalue weighted by molar-refractivity contribution is 0.635. The largest absolute Gasteiger partial charge is 0.326 e. The molecule has 16 heavy (non-hydrogen) atoms. The van der Waals surface area contributed by atoms with Gasteiger partial charge in [-0.05, 0) is 28.8 Å². The predicted octanol–water partition coefficient (Wildman–Crippen LogP) is 3.78. The Balaban J connectivity index is 2.15. The van der Waals surface area contributed by atoms with Crippen LogP contribution in [0.5, 0.6) is 0 Å². The highest BCUT2D eigenvalue weighted by Gasteiger charge is 2.21. The molecule has 0 radical (unpaired) electrons. The molecule has 0 aliphatic heterocycles. The fourth-order valence-corrected chi connectivity index (χ4v) is 4.26. The van der Waals surface area contributed by atoms with Crippen LogP contribution >= 0.6 is 34.4 Å². The van der Waals surface area contributed by atoms with E-state index in [1.807, 2.05) is 11.6 Å². The summed E-state index contributed by atoms with van der Waals surface area (Å²) in [5.41, 5.74) is 7.50. The number of thiophene rings is 1. The van der Waals surface area contributed by atoms with Crippen LogP contribution in [0.15, 0.2) is 32.7 Å². The normalized spacial score (nSPS) is 14.9. The topological polar surface area (TPSA) is 38.9 Å². The third-order valence-electron chi connectivity index (χ3n) is 2.37. The number of nitrogens with zero attached hydrogens (tertiary/aromatic N) is 1. The molecule has 2 unspecified atom stereocenters. The summed E-state index contributed by atoms with van der Waals surface area (Å²) in [6.45, 7) is 2.13. The van der Waals surface area contributed by atoms with Gasteiger partial charge in [-0.1, -0.05) is 18.7 Å². The Labute approximate surface area is 108 Å². The minimum Gasteiger partial charge on any atom is -0.326 e. The third-order valence-corrected chi connectivity index (χ3v) is 5.40. The fraction of sp³-hybridized carbons (Fsp3) is 0.364. The van der Waals surface area contributed by atoms with Crippen LogP contribution in [0, 0.1) is 0 Å². The lowest BCUT2D eigenvalue weighted by atomic mass is 10.1. The van der Waals surface area contributed by atoms with E-state index < -0.39 is 0 Å². The number of hydrogen-bond acceptors (Lipinski definition) is 5. The quantitative estimate of drug-likeness (QED) is 0.840. The maximum Gasteiger partial charge on any atom is 0.150 e. The molecule has 0 fully saturated rings. The van der Waals surface area contributed by atoms with Gasteiger partial charge in [0.25, 0.3) is 0 Å². The van der Waals surface area contributed by atoms with Gasteiger partial charge in [-0.25, -0.2) is 4.98 Å². The Morgan fingerprint density at radius 3 is 2.94 bits per heavy atom. The second kappa shape index (κ2) is 5.82. The monoisotopic (exact) mass is 270 g/mol. The van der Waals surface area contributed by atoms with Gasteiger partial charge in [0.2, 0.25) is 0 Å². The van der Waals surface area contributed by atoms with Crippen molar-refractivity contribution in [2.75, 3.05) is 0 Å². The van der Waals surface area contributed by atoms with E-state index in [-0.39, 0.29) is 6.04 Å². The average molecular weight is 270 g/mol. The van der Waals surface area contributed by atoms with E-state index in [0.29, 0.717) is 5.25 Å². The molecule has 2 aromatic heterocycles. The van der Waals surface area contributed by atoms with Crippen LogP contribution in [0.2, 0.25) is 0 Å². The molecule has 2 aromatic rings. The summed E-state index contributed by atoms with van der Waals surface area (Å²) in [7, 11) is 0. The molecular weight excluding hydrogens is 256 g/mol. The van der Waals surface area contributed by atoms with Gasteiger partial charge >= 0.3 is 0 Å². The van der Waals surface area contributed by atoms with Crippen LogP contribution in [0.1, 0.15) is 24.2 Å². The summed E-state index contributed by atoms with van der Waals surface area (Å²) in [5, 5.41) is 6.61. The molecule has 2 N–H and O–H groups in total. The molecule has 0 aliphatic rings. The van der Waals surface area contributed by atoms with Crippen molar-refractivity contribution < 1.29 is 0 Å². The molecule has 0 aliphatic carbocycles. The minimum atomic E-state index is 0.184. The number of thiazole rings is 1. The second-order valence-corrected chi connectivity index (χ2v) is 6.53. The van der Waals surface area contributed by atoms with Gasteiger partial charge in [-0.15, -0.1) is 11.3 Å². The Morgan fingerprint density at radius 1 is 1.50 bits per heavy atom. The SMILES string of the molecule is CCC(N)C(Sc1nccs1)c1ccsc1. The van der Waals surface area contributed by atoms with Crippen LogP contribution < -0.4 is 5.73 Å². The molecule has 0 bridgehead atoms. The zero-order valence-electron chi connectivity index (χ0n) is 9.00. The Kier molecular flexibility index (Phi) is 4.40. The lowest BCUT2D eigenvalue weighted by Crippen LogP contribution is -2.25. The highest BCUT2D eigenvalue weighted by molar-refractivity contribution is 8.01. The van der Waals surface area contributed by atoms with Crippen LogP contribution in [-0.4, -0.2) is 11.0 Å². The molecule has 2 nitrogen and oxygen atoms in total. The summed E-state index contributed by atoms with van der Waals surface area (Å²) >= 11 is 5.17. The van der Waals surface area contributed by atoms with Crippen molar-refractivity contribution in [3.63, 3.8) is 0 Å². The average Bonchev–Trinajstić information content (AvgIpc) is 2.97. The van der Waals surface area contributed by atoms with E-state index in [0.717, 1.165) is 10.8 Å². The molecule has 2 atom stereocenters. The first-order valence-electron chi connectivity index (χ1n) is 5.15. The first-order chi connectivity index (χ1) is 7.81. The van der Waals surface area contributed by atoms with Crippen molar-refractivity contribution in [2.45, 2.75) is 29.0 Å². The molecule has 0 amide bonds. The van der Waals surface area contributed by atoms with Crippen molar-refractivity contribution in [2.24, 2.45) is 5.73 Å². The smallest absolute Gasteiger partial charge is 0.150 e. The van der Waals surface area contributed by atoms with Gasteiger partial charge < -0.3 is 5.73 Å². The van der Waals surface area contributed by atoms with Crippen molar-refractivity contribution in [1.82, 2.24) is 4.98 Å². The maximum atomic E-state index is 6.19. The van der Waals surface area contributed by atoms with Gasteiger partial charge in [0.05, 0.1) is 5.25 Å². The summed E-state index contributed by atoms with van der Waals surface area (Å²) < 4.78 is 1.10. The van der Waals surface area contributed by atoms with Crippen molar-refractivity contribution in [3.8, 4) is 0 Å². The van der Waals surface area contributed by atoms with Gasteiger partial charge in [-0.3, -0.25) is 0 Å². The van der Waals surface area contributed by atoms with Gasteiger partial charge in [0.1, 0.15) is 4.34 Å². The molecule has 5 heteroatoms. The summed E-state index contributed by atoms with van der Waals surface area (Å²) in [5.74, 6) is 0. The number of hydrogen-bond donors (Lipinski definition) is 1. The molecule has 86 valence electrons. The summed E-state index contributed by atoms with van der Waals surface area (Å²) in [6.07, 6.45) is 2.83. The number of thioether (sulfide) groups is 1. The van der Waals surface area contributed by atoms with Gasteiger partial charge in [-0.2, -0.15) is 11.3 Å². The molecule has 0 saturated carbocycles. The van der Waals surface area contributed by atoms with Crippen LogP contribution in [-0.2, 0) is 0 Å². The van der Waals surface area contributed by atoms with Crippen molar-refractivity contribution in [1.29, 1.82) is 0 Å².